The summed E-state index contributed by atoms with van der Waals surface area (Å²) in [5, 5.41) is 2.47. The fourth-order valence-corrected chi connectivity index (χ4v) is 3.21. The van der Waals surface area contributed by atoms with Crippen LogP contribution in [-0.4, -0.2) is 42.5 Å². The van der Waals surface area contributed by atoms with E-state index in [4.69, 9.17) is 9.47 Å². The minimum absolute atomic E-state index is 0.231. The molecule has 0 radical (unpaired) electrons. The quantitative estimate of drug-likeness (QED) is 0.557. The number of ketones is 1. The molecule has 0 saturated carbocycles. The first kappa shape index (κ1) is 21.2. The summed E-state index contributed by atoms with van der Waals surface area (Å²) in [7, 11) is 1.46. The van der Waals surface area contributed by atoms with Gasteiger partial charge in [0.15, 0.2) is 6.61 Å². The van der Waals surface area contributed by atoms with Crippen LogP contribution in [0.1, 0.15) is 52.0 Å². The van der Waals surface area contributed by atoms with Gasteiger partial charge >= 0.3 is 5.97 Å². The first-order valence-electron chi connectivity index (χ1n) is 9.04. The Balaban J connectivity index is 1.90. The molecular formula is C21H26N2O5. The van der Waals surface area contributed by atoms with Gasteiger partial charge in [0.05, 0.1) is 12.7 Å². The Morgan fingerprint density at radius 1 is 1.11 bits per heavy atom. The van der Waals surface area contributed by atoms with Gasteiger partial charge in [-0.25, -0.2) is 0 Å². The third kappa shape index (κ3) is 4.79. The third-order valence-corrected chi connectivity index (χ3v) is 4.41. The zero-order valence-electron chi connectivity index (χ0n) is 16.9. The maximum atomic E-state index is 12.4. The standard InChI is InChI=1S/C21H26N2O5/c1-13(2)23-14(3)10-17(15(23)4)18(24)12-28-20(25)11-22-21(26)16-8-6-7-9-19(16)27-5/h6-10,13H,11-12H2,1-5H3,(H,22,26). The number of amides is 1. The number of para-hydroxylation sites is 1. The van der Waals surface area contributed by atoms with Gasteiger partial charge in [0.25, 0.3) is 5.91 Å². The molecule has 7 heteroatoms. The molecule has 28 heavy (non-hydrogen) atoms. The van der Waals surface area contributed by atoms with Crippen molar-refractivity contribution in [3.63, 3.8) is 0 Å². The van der Waals surface area contributed by atoms with Crippen LogP contribution in [0, 0.1) is 13.8 Å². The molecule has 0 aliphatic heterocycles. The molecule has 0 aliphatic rings. The monoisotopic (exact) mass is 386 g/mol. The first-order valence-corrected chi connectivity index (χ1v) is 9.04. The number of benzene rings is 1. The third-order valence-electron chi connectivity index (χ3n) is 4.41. The summed E-state index contributed by atoms with van der Waals surface area (Å²) < 4.78 is 12.2. The molecule has 1 aromatic heterocycles. The van der Waals surface area contributed by atoms with Crippen LogP contribution in [0.2, 0.25) is 0 Å². The van der Waals surface area contributed by atoms with Gasteiger partial charge in [-0.15, -0.1) is 0 Å². The molecule has 0 aliphatic carbocycles. The predicted molar refractivity (Wildman–Crippen MR) is 105 cm³/mol. The Morgan fingerprint density at radius 2 is 1.79 bits per heavy atom. The van der Waals surface area contributed by atoms with Crippen LogP contribution in [0.4, 0.5) is 0 Å². The summed E-state index contributed by atoms with van der Waals surface area (Å²) in [5.41, 5.74) is 2.68. The van der Waals surface area contributed by atoms with Crippen LogP contribution in [0.15, 0.2) is 30.3 Å². The average Bonchev–Trinajstić information content (AvgIpc) is 2.98. The number of Topliss-reactive ketones (excluding diaryl/α,β-unsaturated/α-hetero) is 1. The van der Waals surface area contributed by atoms with Gasteiger partial charge in [-0.05, 0) is 45.9 Å². The van der Waals surface area contributed by atoms with Crippen molar-refractivity contribution >= 4 is 17.7 Å². The van der Waals surface area contributed by atoms with Crippen molar-refractivity contribution in [2.24, 2.45) is 0 Å². The number of methoxy groups -OCH3 is 1. The number of rotatable bonds is 8. The van der Waals surface area contributed by atoms with Crippen molar-refractivity contribution in [3.8, 4) is 5.75 Å². The normalized spacial score (nSPS) is 10.6. The molecule has 2 aromatic rings. The molecule has 0 saturated heterocycles. The van der Waals surface area contributed by atoms with E-state index >= 15 is 0 Å². The van der Waals surface area contributed by atoms with Gasteiger partial charge in [-0.1, -0.05) is 12.1 Å². The van der Waals surface area contributed by atoms with Crippen LogP contribution in [-0.2, 0) is 9.53 Å². The van der Waals surface area contributed by atoms with Crippen LogP contribution in [0.25, 0.3) is 0 Å². The molecular weight excluding hydrogens is 360 g/mol. The summed E-state index contributed by atoms with van der Waals surface area (Å²) in [6, 6.07) is 8.71. The number of carbonyl (C=O) groups excluding carboxylic acids is 3. The lowest BCUT2D eigenvalue weighted by molar-refractivity contribution is -0.141. The maximum Gasteiger partial charge on any atom is 0.325 e. The Hall–Kier alpha value is -3.09. The Morgan fingerprint density at radius 3 is 2.39 bits per heavy atom. The number of carbonyl (C=O) groups is 3. The summed E-state index contributed by atoms with van der Waals surface area (Å²) >= 11 is 0. The highest BCUT2D eigenvalue weighted by Gasteiger charge is 2.19. The maximum absolute atomic E-state index is 12.4. The Bertz CT molecular complexity index is 883. The minimum atomic E-state index is -0.686. The lowest BCUT2D eigenvalue weighted by Gasteiger charge is -2.13. The highest BCUT2D eigenvalue weighted by molar-refractivity contribution is 6.00. The fraction of sp³-hybridized carbons (Fsp3) is 0.381. The minimum Gasteiger partial charge on any atom is -0.496 e. The lowest BCUT2D eigenvalue weighted by atomic mass is 10.1. The van der Waals surface area contributed by atoms with Crippen LogP contribution in [0.3, 0.4) is 0 Å². The molecule has 7 nitrogen and oxygen atoms in total. The summed E-state index contributed by atoms with van der Waals surface area (Å²) in [6.07, 6.45) is 0. The van der Waals surface area contributed by atoms with Crippen molar-refractivity contribution < 1.29 is 23.9 Å². The number of hydrogen-bond acceptors (Lipinski definition) is 5. The SMILES string of the molecule is COc1ccccc1C(=O)NCC(=O)OCC(=O)c1cc(C)n(C(C)C)c1C. The molecule has 1 N–H and O–H groups in total. The smallest absolute Gasteiger partial charge is 0.325 e. The molecule has 0 bridgehead atoms. The van der Waals surface area contributed by atoms with Crippen LogP contribution in [0.5, 0.6) is 5.75 Å². The van der Waals surface area contributed by atoms with Crippen molar-refractivity contribution in [2.75, 3.05) is 20.3 Å². The highest BCUT2D eigenvalue weighted by Crippen LogP contribution is 2.20. The number of aryl methyl sites for hydroxylation is 1. The number of nitrogens with zero attached hydrogens (tertiary/aromatic N) is 1. The van der Waals surface area contributed by atoms with Crippen molar-refractivity contribution in [3.05, 3.63) is 52.8 Å². The van der Waals surface area contributed by atoms with Gasteiger partial charge < -0.3 is 19.4 Å². The summed E-state index contributed by atoms with van der Waals surface area (Å²) in [5.74, 6) is -1.01. The number of nitrogens with one attached hydrogen (secondary N) is 1. The van der Waals surface area contributed by atoms with E-state index in [9.17, 15) is 14.4 Å². The zero-order valence-corrected chi connectivity index (χ0v) is 16.9. The van der Waals surface area contributed by atoms with E-state index in [0.29, 0.717) is 16.9 Å². The van der Waals surface area contributed by atoms with E-state index in [2.05, 4.69) is 9.88 Å². The number of aromatic nitrogens is 1. The molecule has 1 aromatic carbocycles. The van der Waals surface area contributed by atoms with E-state index < -0.39 is 11.9 Å². The largest absolute Gasteiger partial charge is 0.496 e. The molecule has 0 unspecified atom stereocenters. The molecule has 0 spiro atoms. The first-order chi connectivity index (χ1) is 13.3. The fourth-order valence-electron chi connectivity index (χ4n) is 3.21. The predicted octanol–water partition coefficient (Wildman–Crippen LogP) is 2.85. The molecule has 1 amide bonds. The van der Waals surface area contributed by atoms with E-state index in [0.717, 1.165) is 11.4 Å². The van der Waals surface area contributed by atoms with E-state index in [-0.39, 0.29) is 25.0 Å². The van der Waals surface area contributed by atoms with Crippen LogP contribution < -0.4 is 10.1 Å². The second-order valence-electron chi connectivity index (χ2n) is 6.72. The number of esters is 1. The summed E-state index contributed by atoms with van der Waals surface area (Å²) in [4.78, 5) is 36.5. The van der Waals surface area contributed by atoms with Crippen LogP contribution >= 0.6 is 0 Å². The van der Waals surface area contributed by atoms with Gasteiger partial charge in [0.1, 0.15) is 12.3 Å². The number of hydrogen-bond donors (Lipinski definition) is 1. The lowest BCUT2D eigenvalue weighted by Crippen LogP contribution is -2.31. The van der Waals surface area contributed by atoms with Gasteiger partial charge in [-0.3, -0.25) is 14.4 Å². The van der Waals surface area contributed by atoms with Crippen molar-refractivity contribution in [1.82, 2.24) is 9.88 Å². The van der Waals surface area contributed by atoms with Crippen molar-refractivity contribution in [1.29, 1.82) is 0 Å². The number of ether oxygens (including phenoxy) is 2. The zero-order chi connectivity index (χ0) is 20.8. The average molecular weight is 386 g/mol. The van der Waals surface area contributed by atoms with Crippen molar-refractivity contribution in [2.45, 2.75) is 33.7 Å². The summed E-state index contributed by atoms with van der Waals surface area (Å²) in [6.45, 7) is 7.18. The molecule has 1 heterocycles. The van der Waals surface area contributed by atoms with E-state index in [1.54, 1.807) is 30.3 Å². The second kappa shape index (κ2) is 9.21. The van der Waals surface area contributed by atoms with Gasteiger partial charge in [-0.2, -0.15) is 0 Å². The van der Waals surface area contributed by atoms with E-state index in [1.807, 2.05) is 27.7 Å². The molecule has 0 atom stereocenters. The molecule has 0 fully saturated rings. The van der Waals surface area contributed by atoms with Gasteiger partial charge in [0, 0.05) is 23.0 Å². The van der Waals surface area contributed by atoms with E-state index in [1.165, 1.54) is 7.11 Å². The highest BCUT2D eigenvalue weighted by atomic mass is 16.5. The molecule has 150 valence electrons. The second-order valence-corrected chi connectivity index (χ2v) is 6.72. The van der Waals surface area contributed by atoms with Gasteiger partial charge in [0.2, 0.25) is 5.78 Å². The molecule has 2 rings (SSSR count). The Kier molecular flexibility index (Phi) is 6.98. The topological polar surface area (TPSA) is 86.6 Å². The Labute approximate surface area is 164 Å².